The van der Waals surface area contributed by atoms with Crippen LogP contribution in [-0.4, -0.2) is 28.4 Å². The van der Waals surface area contributed by atoms with E-state index in [4.69, 9.17) is 16.0 Å². The minimum Gasteiger partial charge on any atom is -0.411 e. The molecule has 0 bridgehead atoms. The molecular formula is C20H18ClN3O2S. The van der Waals surface area contributed by atoms with Gasteiger partial charge in [0.2, 0.25) is 11.8 Å². The van der Waals surface area contributed by atoms with Crippen molar-refractivity contribution in [2.75, 3.05) is 12.3 Å². The van der Waals surface area contributed by atoms with E-state index >= 15 is 0 Å². The van der Waals surface area contributed by atoms with Crippen molar-refractivity contribution in [3.8, 4) is 11.5 Å². The summed E-state index contributed by atoms with van der Waals surface area (Å²) in [5.74, 6) is 0.622. The average Bonchev–Trinajstić information content (AvgIpc) is 3.35. The normalized spacial score (nSPS) is 14.7. The zero-order valence-electron chi connectivity index (χ0n) is 14.5. The van der Waals surface area contributed by atoms with Crippen molar-refractivity contribution in [3.63, 3.8) is 0 Å². The van der Waals surface area contributed by atoms with E-state index in [9.17, 15) is 4.79 Å². The Bertz CT molecular complexity index is 924. The molecule has 0 atom stereocenters. The maximum atomic E-state index is 12.2. The van der Waals surface area contributed by atoms with Crippen molar-refractivity contribution >= 4 is 29.3 Å². The molecule has 1 amide bonds. The Morgan fingerprint density at radius 2 is 1.85 bits per heavy atom. The molecule has 3 aromatic rings. The van der Waals surface area contributed by atoms with Crippen molar-refractivity contribution in [1.29, 1.82) is 0 Å². The second-order valence-corrected chi connectivity index (χ2v) is 7.95. The lowest BCUT2D eigenvalue weighted by atomic mass is 9.96. The molecule has 0 aliphatic heterocycles. The van der Waals surface area contributed by atoms with Crippen LogP contribution in [0.25, 0.3) is 11.5 Å². The average molecular weight is 400 g/mol. The Morgan fingerprint density at radius 1 is 1.11 bits per heavy atom. The summed E-state index contributed by atoms with van der Waals surface area (Å²) in [7, 11) is 0. The van der Waals surface area contributed by atoms with E-state index in [2.05, 4.69) is 27.6 Å². The number of thioether (sulfide) groups is 1. The van der Waals surface area contributed by atoms with Gasteiger partial charge in [-0.2, -0.15) is 0 Å². The molecular weight excluding hydrogens is 382 g/mol. The first kappa shape index (κ1) is 18.1. The number of nitrogens with one attached hydrogen (secondary N) is 1. The molecule has 0 radical (unpaired) electrons. The molecule has 7 heteroatoms. The fourth-order valence-corrected chi connectivity index (χ4v) is 3.65. The molecule has 27 heavy (non-hydrogen) atoms. The van der Waals surface area contributed by atoms with Gasteiger partial charge in [-0.05, 0) is 42.7 Å². The highest BCUT2D eigenvalue weighted by Crippen LogP contribution is 2.47. The Balaban J connectivity index is 1.28. The smallest absolute Gasteiger partial charge is 0.277 e. The summed E-state index contributed by atoms with van der Waals surface area (Å²) in [6.45, 7) is 0.663. The van der Waals surface area contributed by atoms with E-state index in [1.54, 1.807) is 12.1 Å². The maximum absolute atomic E-state index is 12.2. The third kappa shape index (κ3) is 4.34. The first-order valence-corrected chi connectivity index (χ1v) is 10.1. The number of carbonyl (C=O) groups is 1. The van der Waals surface area contributed by atoms with Crippen molar-refractivity contribution in [2.24, 2.45) is 0 Å². The predicted octanol–water partition coefficient (Wildman–Crippen LogP) is 4.33. The van der Waals surface area contributed by atoms with Gasteiger partial charge in [-0.25, -0.2) is 0 Å². The lowest BCUT2D eigenvalue weighted by molar-refractivity contribution is -0.118. The van der Waals surface area contributed by atoms with Crippen LogP contribution in [0.15, 0.2) is 64.2 Å². The van der Waals surface area contributed by atoms with Gasteiger partial charge in [0.05, 0.1) is 5.75 Å². The first-order chi connectivity index (χ1) is 13.1. The largest absolute Gasteiger partial charge is 0.411 e. The minimum atomic E-state index is -0.0338. The molecule has 138 valence electrons. The third-order valence-electron chi connectivity index (χ3n) is 4.69. The van der Waals surface area contributed by atoms with Crippen molar-refractivity contribution in [1.82, 2.24) is 15.5 Å². The van der Waals surface area contributed by atoms with Crippen LogP contribution < -0.4 is 5.32 Å². The van der Waals surface area contributed by atoms with Gasteiger partial charge in [-0.3, -0.25) is 4.79 Å². The van der Waals surface area contributed by atoms with Crippen LogP contribution in [0.1, 0.15) is 18.4 Å². The summed E-state index contributed by atoms with van der Waals surface area (Å²) in [5, 5.41) is 12.1. The van der Waals surface area contributed by atoms with Gasteiger partial charge < -0.3 is 9.73 Å². The molecule has 1 aliphatic carbocycles. The number of carbonyl (C=O) groups excluding carboxylic acids is 1. The van der Waals surface area contributed by atoms with Gasteiger partial charge in [0.15, 0.2) is 0 Å². The van der Waals surface area contributed by atoms with Crippen LogP contribution in [0.3, 0.4) is 0 Å². The summed E-state index contributed by atoms with van der Waals surface area (Å²) in [4.78, 5) is 12.2. The Morgan fingerprint density at radius 3 is 2.56 bits per heavy atom. The molecule has 5 nitrogen and oxygen atoms in total. The second-order valence-electron chi connectivity index (χ2n) is 6.59. The van der Waals surface area contributed by atoms with Crippen molar-refractivity contribution in [2.45, 2.75) is 23.5 Å². The molecule has 1 N–H and O–H groups in total. The predicted molar refractivity (Wildman–Crippen MR) is 106 cm³/mol. The monoisotopic (exact) mass is 399 g/mol. The molecule has 1 heterocycles. The van der Waals surface area contributed by atoms with Crippen LogP contribution in [0.2, 0.25) is 5.02 Å². The molecule has 1 saturated carbocycles. The molecule has 1 aromatic heterocycles. The molecule has 0 unspecified atom stereocenters. The van der Waals surface area contributed by atoms with Gasteiger partial charge in [0.1, 0.15) is 0 Å². The molecule has 0 spiro atoms. The Hall–Kier alpha value is -2.31. The highest BCUT2D eigenvalue weighted by Gasteiger charge is 2.44. The van der Waals surface area contributed by atoms with Crippen molar-refractivity contribution < 1.29 is 9.21 Å². The lowest BCUT2D eigenvalue weighted by Crippen LogP contribution is -2.33. The lowest BCUT2D eigenvalue weighted by Gasteiger charge is -2.16. The van der Waals surface area contributed by atoms with Crippen LogP contribution >= 0.6 is 23.4 Å². The fraction of sp³-hybridized carbons (Fsp3) is 0.250. The molecule has 0 saturated heterocycles. The van der Waals surface area contributed by atoms with E-state index in [0.29, 0.717) is 22.7 Å². The van der Waals surface area contributed by atoms with Gasteiger partial charge in [-0.1, -0.05) is 53.7 Å². The second kappa shape index (κ2) is 7.74. The number of amides is 1. The number of aromatic nitrogens is 2. The standard InChI is InChI=1S/C20H18ClN3O2S/c21-16-8-6-14(7-9-16)18-23-24-19(26-18)27-12-17(25)22-13-20(10-11-20)15-4-2-1-3-5-15/h1-9H,10-13H2,(H,22,25). The molecule has 2 aromatic carbocycles. The number of hydrogen-bond acceptors (Lipinski definition) is 5. The highest BCUT2D eigenvalue weighted by atomic mass is 35.5. The molecule has 1 aliphatic rings. The zero-order valence-corrected chi connectivity index (χ0v) is 16.1. The summed E-state index contributed by atoms with van der Waals surface area (Å²) in [6.07, 6.45) is 2.22. The number of nitrogens with zero attached hydrogens (tertiary/aromatic N) is 2. The molecule has 4 rings (SSSR count). The summed E-state index contributed by atoms with van der Waals surface area (Å²) in [5.41, 5.74) is 2.19. The molecule has 1 fully saturated rings. The quantitative estimate of drug-likeness (QED) is 0.599. The van der Waals surface area contributed by atoms with Crippen LogP contribution in [0.4, 0.5) is 0 Å². The summed E-state index contributed by atoms with van der Waals surface area (Å²) >= 11 is 7.11. The Labute approximate surface area is 166 Å². The van der Waals surface area contributed by atoms with Crippen LogP contribution in [0, 0.1) is 0 Å². The first-order valence-electron chi connectivity index (χ1n) is 8.69. The van der Waals surface area contributed by atoms with Gasteiger partial charge >= 0.3 is 0 Å². The highest BCUT2D eigenvalue weighted by molar-refractivity contribution is 7.99. The topological polar surface area (TPSA) is 68.0 Å². The van der Waals surface area contributed by atoms with E-state index < -0.39 is 0 Å². The van der Waals surface area contributed by atoms with Gasteiger partial charge in [-0.15, -0.1) is 10.2 Å². The zero-order chi connectivity index (χ0) is 18.7. The van der Waals surface area contributed by atoms with Crippen LogP contribution in [-0.2, 0) is 10.2 Å². The third-order valence-corrected chi connectivity index (χ3v) is 5.76. The SMILES string of the molecule is O=C(CSc1nnc(-c2ccc(Cl)cc2)o1)NCC1(c2ccccc2)CC1. The van der Waals surface area contributed by atoms with E-state index in [-0.39, 0.29) is 17.1 Å². The Kier molecular flexibility index (Phi) is 5.18. The van der Waals surface area contributed by atoms with Gasteiger partial charge in [0, 0.05) is 22.5 Å². The fourth-order valence-electron chi connectivity index (χ4n) is 2.93. The van der Waals surface area contributed by atoms with E-state index in [1.165, 1.54) is 17.3 Å². The number of halogens is 1. The van der Waals surface area contributed by atoms with Gasteiger partial charge in [0.25, 0.3) is 5.22 Å². The number of hydrogen-bond donors (Lipinski definition) is 1. The summed E-state index contributed by atoms with van der Waals surface area (Å²) in [6, 6.07) is 17.5. The van der Waals surface area contributed by atoms with Crippen molar-refractivity contribution in [3.05, 3.63) is 65.2 Å². The van der Waals surface area contributed by atoms with E-state index in [0.717, 1.165) is 18.4 Å². The van der Waals surface area contributed by atoms with E-state index in [1.807, 2.05) is 30.3 Å². The number of benzene rings is 2. The van der Waals surface area contributed by atoms with Crippen LogP contribution in [0.5, 0.6) is 0 Å². The maximum Gasteiger partial charge on any atom is 0.277 e. The summed E-state index contributed by atoms with van der Waals surface area (Å²) < 4.78 is 5.60. The number of rotatable bonds is 7. The minimum absolute atomic E-state index is 0.0338.